The lowest BCUT2D eigenvalue weighted by atomic mass is 10.1. The van der Waals surface area contributed by atoms with Gasteiger partial charge in [-0.1, -0.05) is 24.1 Å². The molecule has 0 saturated heterocycles. The van der Waals surface area contributed by atoms with Gasteiger partial charge >= 0.3 is 5.97 Å². The molecule has 6 heteroatoms. The van der Waals surface area contributed by atoms with Gasteiger partial charge in [-0.25, -0.2) is 4.98 Å². The molecule has 1 fully saturated rings. The van der Waals surface area contributed by atoms with Gasteiger partial charge in [-0.3, -0.25) is 9.59 Å². The van der Waals surface area contributed by atoms with E-state index in [1.165, 1.54) is 6.20 Å². The molecular formula is C25H28N2O4. The van der Waals surface area contributed by atoms with Crippen molar-refractivity contribution in [2.75, 3.05) is 13.6 Å². The largest absolute Gasteiger partial charge is 0.493 e. The van der Waals surface area contributed by atoms with Crippen LogP contribution < -0.4 is 4.74 Å². The monoisotopic (exact) mass is 423 g/mol. The second-order valence-corrected chi connectivity index (χ2v) is 7.53. The Balaban J connectivity index is 1.66. The SMILES string of the molecule is [2H]C([2H])([2H])N(Cc1ccccc1OCCCCCC(=O)O)C(=O)c1ccc(C#CC2CC2)nc1. The van der Waals surface area contributed by atoms with E-state index < -0.39 is 18.9 Å². The van der Waals surface area contributed by atoms with Gasteiger partial charge in [-0.2, -0.15) is 0 Å². The summed E-state index contributed by atoms with van der Waals surface area (Å²) in [4.78, 5) is 28.7. The molecule has 1 heterocycles. The number of hydrogen-bond donors (Lipinski definition) is 1. The number of aromatic nitrogens is 1. The molecule has 0 spiro atoms. The minimum absolute atomic E-state index is 0.120. The number of carboxylic acids is 1. The molecule has 1 aromatic heterocycles. The molecule has 3 rings (SSSR count). The molecule has 1 saturated carbocycles. The third-order valence-electron chi connectivity index (χ3n) is 4.83. The molecule has 1 N–H and O–H groups in total. The normalized spacial score (nSPS) is 14.4. The first-order chi connectivity index (χ1) is 16.2. The predicted molar refractivity (Wildman–Crippen MR) is 118 cm³/mol. The Labute approximate surface area is 187 Å². The zero-order valence-corrected chi connectivity index (χ0v) is 17.3. The van der Waals surface area contributed by atoms with Gasteiger partial charge in [0, 0.05) is 41.7 Å². The van der Waals surface area contributed by atoms with Crippen LogP contribution in [0, 0.1) is 17.8 Å². The van der Waals surface area contributed by atoms with E-state index in [-0.39, 0.29) is 18.5 Å². The van der Waals surface area contributed by atoms with E-state index in [2.05, 4.69) is 16.8 Å². The lowest BCUT2D eigenvalue weighted by molar-refractivity contribution is -0.137. The van der Waals surface area contributed by atoms with Gasteiger partial charge in [-0.15, -0.1) is 0 Å². The van der Waals surface area contributed by atoms with Crippen LogP contribution in [0.15, 0.2) is 42.6 Å². The highest BCUT2D eigenvalue weighted by atomic mass is 16.5. The predicted octanol–water partition coefficient (Wildman–Crippen LogP) is 4.14. The number of carboxylic acid groups (broad SMARTS) is 1. The first-order valence-electron chi connectivity index (χ1n) is 12.0. The van der Waals surface area contributed by atoms with Gasteiger partial charge in [-0.05, 0) is 56.2 Å². The van der Waals surface area contributed by atoms with Crippen LogP contribution in [0.2, 0.25) is 0 Å². The van der Waals surface area contributed by atoms with E-state index in [0.717, 1.165) is 17.7 Å². The Morgan fingerprint density at radius 2 is 2.06 bits per heavy atom. The van der Waals surface area contributed by atoms with Crippen molar-refractivity contribution in [3.63, 3.8) is 0 Å². The fraction of sp³-hybridized carbons (Fsp3) is 0.400. The molecule has 1 aliphatic carbocycles. The average Bonchev–Trinajstić information content (AvgIpc) is 3.63. The lowest BCUT2D eigenvalue weighted by Crippen LogP contribution is -2.26. The maximum atomic E-state index is 13.1. The fourth-order valence-electron chi connectivity index (χ4n) is 2.91. The minimum atomic E-state index is -2.66. The van der Waals surface area contributed by atoms with Crippen molar-refractivity contribution >= 4 is 11.9 Å². The van der Waals surface area contributed by atoms with Crippen LogP contribution in [0.1, 0.15) is 64.3 Å². The quantitative estimate of drug-likeness (QED) is 0.459. The number of amides is 1. The van der Waals surface area contributed by atoms with E-state index in [1.54, 1.807) is 36.4 Å². The summed E-state index contributed by atoms with van der Waals surface area (Å²) in [5, 5.41) is 8.70. The summed E-state index contributed by atoms with van der Waals surface area (Å²) >= 11 is 0. The molecule has 0 atom stereocenters. The smallest absolute Gasteiger partial charge is 0.303 e. The number of unbranched alkanes of at least 4 members (excludes halogenated alkanes) is 2. The van der Waals surface area contributed by atoms with Crippen LogP contribution in [-0.2, 0) is 11.3 Å². The van der Waals surface area contributed by atoms with Crippen LogP contribution in [-0.4, -0.2) is 40.4 Å². The van der Waals surface area contributed by atoms with E-state index in [4.69, 9.17) is 14.0 Å². The molecule has 1 aromatic carbocycles. The highest BCUT2D eigenvalue weighted by molar-refractivity contribution is 5.93. The highest BCUT2D eigenvalue weighted by Gasteiger charge is 2.18. The summed E-state index contributed by atoms with van der Waals surface area (Å²) in [5.74, 6) is 5.52. The van der Waals surface area contributed by atoms with Gasteiger partial charge in [0.05, 0.1) is 12.2 Å². The molecule has 6 nitrogen and oxygen atoms in total. The van der Waals surface area contributed by atoms with Gasteiger partial charge < -0.3 is 14.7 Å². The summed E-state index contributed by atoms with van der Waals surface area (Å²) in [7, 11) is 0. The number of para-hydroxylation sites is 1. The number of hydrogen-bond acceptors (Lipinski definition) is 4. The van der Waals surface area contributed by atoms with E-state index in [9.17, 15) is 9.59 Å². The van der Waals surface area contributed by atoms with Gasteiger partial charge in [0.15, 0.2) is 0 Å². The van der Waals surface area contributed by atoms with Crippen molar-refractivity contribution in [1.29, 1.82) is 0 Å². The summed E-state index contributed by atoms with van der Waals surface area (Å²) in [6.45, 7) is -2.45. The van der Waals surface area contributed by atoms with Crippen LogP contribution in [0.25, 0.3) is 0 Å². The number of pyridine rings is 1. The standard InChI is InChI=1S/C25H28N2O4/c1-27(25(30)20-13-15-22(26-17-20)14-12-19-10-11-19)18-21-7-4-5-8-23(21)31-16-6-2-3-9-24(28)29/h4-5,7-8,13,15,17,19H,2-3,6,9-11,16,18H2,1H3,(H,28,29)/i1D3. The third-order valence-corrected chi connectivity index (χ3v) is 4.83. The second-order valence-electron chi connectivity index (χ2n) is 7.53. The van der Waals surface area contributed by atoms with Crippen LogP contribution in [0.3, 0.4) is 0 Å². The van der Waals surface area contributed by atoms with E-state index in [0.29, 0.717) is 48.8 Å². The Bertz CT molecular complexity index is 1050. The molecule has 31 heavy (non-hydrogen) atoms. The number of benzene rings is 1. The Hall–Kier alpha value is -3.33. The van der Waals surface area contributed by atoms with Crippen molar-refractivity contribution in [3.8, 4) is 17.6 Å². The average molecular weight is 424 g/mol. The molecular weight excluding hydrogens is 392 g/mol. The third kappa shape index (κ3) is 7.45. The Morgan fingerprint density at radius 1 is 1.23 bits per heavy atom. The highest BCUT2D eigenvalue weighted by Crippen LogP contribution is 2.27. The first-order valence-corrected chi connectivity index (χ1v) is 10.5. The maximum absolute atomic E-state index is 13.1. The molecule has 0 unspecified atom stereocenters. The zero-order valence-electron chi connectivity index (χ0n) is 20.3. The number of aliphatic carboxylic acids is 1. The molecule has 2 aromatic rings. The van der Waals surface area contributed by atoms with Crippen molar-refractivity contribution in [2.24, 2.45) is 5.92 Å². The summed E-state index contributed by atoms with van der Waals surface area (Å²) in [6, 6.07) is 10.2. The number of rotatable bonds is 10. The molecule has 0 bridgehead atoms. The van der Waals surface area contributed by atoms with Crippen LogP contribution >= 0.6 is 0 Å². The van der Waals surface area contributed by atoms with E-state index >= 15 is 0 Å². The number of carbonyl (C=O) groups excluding carboxylic acids is 1. The van der Waals surface area contributed by atoms with Crippen molar-refractivity contribution in [3.05, 3.63) is 59.4 Å². The number of ether oxygens (including phenoxy) is 1. The van der Waals surface area contributed by atoms with Crippen LogP contribution in [0.5, 0.6) is 5.75 Å². The van der Waals surface area contributed by atoms with Crippen molar-refractivity contribution in [2.45, 2.75) is 45.1 Å². The summed E-state index contributed by atoms with van der Waals surface area (Å²) < 4.78 is 29.5. The minimum Gasteiger partial charge on any atom is -0.493 e. The molecule has 1 aliphatic rings. The summed E-state index contributed by atoms with van der Waals surface area (Å²) in [5.41, 5.74) is 1.29. The summed E-state index contributed by atoms with van der Waals surface area (Å²) in [6.07, 6.45) is 5.64. The molecule has 162 valence electrons. The zero-order chi connectivity index (χ0) is 24.6. The molecule has 0 radical (unpaired) electrons. The van der Waals surface area contributed by atoms with Gasteiger partial charge in [0.25, 0.3) is 5.91 Å². The van der Waals surface area contributed by atoms with Gasteiger partial charge in [0.1, 0.15) is 11.4 Å². The fourth-order valence-corrected chi connectivity index (χ4v) is 2.91. The van der Waals surface area contributed by atoms with Crippen molar-refractivity contribution < 1.29 is 23.5 Å². The van der Waals surface area contributed by atoms with Gasteiger partial charge in [0.2, 0.25) is 0 Å². The maximum Gasteiger partial charge on any atom is 0.303 e. The second kappa shape index (κ2) is 11.2. The van der Waals surface area contributed by atoms with Crippen molar-refractivity contribution in [1.82, 2.24) is 9.88 Å². The Kier molecular flexibility index (Phi) is 6.64. The topological polar surface area (TPSA) is 79.7 Å². The van der Waals surface area contributed by atoms with Crippen LogP contribution in [0.4, 0.5) is 0 Å². The lowest BCUT2D eigenvalue weighted by Gasteiger charge is -2.19. The molecule has 1 amide bonds. The van der Waals surface area contributed by atoms with E-state index in [1.807, 2.05) is 0 Å². The number of carbonyl (C=O) groups is 2. The first kappa shape index (κ1) is 18.4. The molecule has 0 aliphatic heterocycles. The Morgan fingerprint density at radius 3 is 2.77 bits per heavy atom. The number of nitrogens with zero attached hydrogens (tertiary/aromatic N) is 2.